The number of esters is 1. The first kappa shape index (κ1) is 22.5. The number of benzene rings is 2. The summed E-state index contributed by atoms with van der Waals surface area (Å²) in [4.78, 5) is 28.3. The van der Waals surface area contributed by atoms with Gasteiger partial charge in [0.15, 0.2) is 0 Å². The number of rotatable bonds is 7. The van der Waals surface area contributed by atoms with Crippen LogP contribution in [0.25, 0.3) is 0 Å². The van der Waals surface area contributed by atoms with Gasteiger partial charge in [-0.05, 0) is 49.2 Å². The largest absolute Gasteiger partial charge is 0.478 e. The van der Waals surface area contributed by atoms with Crippen molar-refractivity contribution in [2.75, 3.05) is 11.9 Å². The number of carboxylic acids is 1. The molecule has 0 bridgehead atoms. The number of halogens is 1. The van der Waals surface area contributed by atoms with Crippen LogP contribution in [0.3, 0.4) is 0 Å². The van der Waals surface area contributed by atoms with Crippen LogP contribution in [-0.2, 0) is 15.3 Å². The lowest BCUT2D eigenvalue weighted by molar-refractivity contribution is -0.139. The summed E-state index contributed by atoms with van der Waals surface area (Å²) in [5, 5.41) is 17.2. The molecular weight excluding hydrogens is 447 g/mol. The first-order valence-corrected chi connectivity index (χ1v) is 11.2. The van der Waals surface area contributed by atoms with E-state index in [-0.39, 0.29) is 18.0 Å². The number of carbonyl (C=O) groups excluding carboxylic acids is 1. The van der Waals surface area contributed by atoms with Crippen LogP contribution in [0.15, 0.2) is 65.0 Å². The van der Waals surface area contributed by atoms with E-state index < -0.39 is 18.0 Å². The molecule has 0 saturated carbocycles. The van der Waals surface area contributed by atoms with Crippen molar-refractivity contribution in [2.24, 2.45) is 0 Å². The SMILES string of the molecule is CCOC(=O)C1=C(C)Nc2nc(SCc3ccc(C(=O)O)cc3)nn2[C@H]1c1ccc(F)cc1. The summed E-state index contributed by atoms with van der Waals surface area (Å²) in [7, 11) is 0. The molecule has 2 N–H and O–H groups in total. The third-order valence-electron chi connectivity index (χ3n) is 5.08. The van der Waals surface area contributed by atoms with Gasteiger partial charge in [-0.15, -0.1) is 5.10 Å². The van der Waals surface area contributed by atoms with Crippen molar-refractivity contribution in [3.63, 3.8) is 0 Å². The Labute approximate surface area is 193 Å². The summed E-state index contributed by atoms with van der Waals surface area (Å²) >= 11 is 1.38. The van der Waals surface area contributed by atoms with Crippen molar-refractivity contribution in [1.29, 1.82) is 0 Å². The smallest absolute Gasteiger partial charge is 0.338 e. The topological polar surface area (TPSA) is 106 Å². The predicted octanol–water partition coefficient (Wildman–Crippen LogP) is 4.26. The first-order valence-electron chi connectivity index (χ1n) is 10.2. The Bertz CT molecular complexity index is 1220. The molecular formula is C23H21FN4O4S. The van der Waals surface area contributed by atoms with Gasteiger partial charge in [0.2, 0.25) is 11.1 Å². The number of ether oxygens (including phenoxy) is 1. The van der Waals surface area contributed by atoms with Crippen molar-refractivity contribution in [1.82, 2.24) is 14.8 Å². The number of hydrogen-bond acceptors (Lipinski definition) is 7. The van der Waals surface area contributed by atoms with Gasteiger partial charge in [0, 0.05) is 11.4 Å². The predicted molar refractivity (Wildman–Crippen MR) is 120 cm³/mol. The zero-order valence-corrected chi connectivity index (χ0v) is 18.7. The Morgan fingerprint density at radius 3 is 2.52 bits per heavy atom. The number of aromatic carboxylic acids is 1. The van der Waals surface area contributed by atoms with Crippen LogP contribution in [0.4, 0.5) is 10.3 Å². The highest BCUT2D eigenvalue weighted by atomic mass is 32.2. The third kappa shape index (κ3) is 4.75. The molecule has 0 amide bonds. The monoisotopic (exact) mass is 468 g/mol. The van der Waals surface area contributed by atoms with E-state index >= 15 is 0 Å². The molecule has 170 valence electrons. The summed E-state index contributed by atoms with van der Waals surface area (Å²) in [5.74, 6) is -0.850. The molecule has 0 fully saturated rings. The molecule has 1 atom stereocenters. The molecule has 4 rings (SSSR count). The van der Waals surface area contributed by atoms with Gasteiger partial charge in [0.1, 0.15) is 11.9 Å². The lowest BCUT2D eigenvalue weighted by Gasteiger charge is -2.28. The lowest BCUT2D eigenvalue weighted by atomic mass is 9.96. The molecule has 0 radical (unpaired) electrons. The standard InChI is InChI=1S/C23H21FN4O4S/c1-3-32-21(31)18-13(2)25-22-26-23(33-12-14-4-6-16(7-5-14)20(29)30)27-28(22)19(18)15-8-10-17(24)11-9-15/h4-11,19H,3,12H2,1-2H3,(H,29,30)(H,25,26,27)/t19-/m0/s1. The van der Waals surface area contributed by atoms with Crippen LogP contribution in [0, 0.1) is 5.82 Å². The van der Waals surface area contributed by atoms with E-state index in [1.165, 1.54) is 23.9 Å². The highest BCUT2D eigenvalue weighted by Gasteiger charge is 2.35. The Morgan fingerprint density at radius 2 is 1.88 bits per heavy atom. The zero-order valence-electron chi connectivity index (χ0n) is 17.9. The Balaban J connectivity index is 1.63. The number of fused-ring (bicyclic) bond motifs is 1. The molecule has 0 saturated heterocycles. The first-order chi connectivity index (χ1) is 15.9. The average molecular weight is 469 g/mol. The quantitative estimate of drug-likeness (QED) is 0.391. The average Bonchev–Trinajstić information content (AvgIpc) is 3.20. The molecule has 8 nitrogen and oxygen atoms in total. The van der Waals surface area contributed by atoms with E-state index in [4.69, 9.17) is 9.84 Å². The summed E-state index contributed by atoms with van der Waals surface area (Å²) in [6.07, 6.45) is 0. The van der Waals surface area contributed by atoms with Gasteiger partial charge in [0.25, 0.3) is 0 Å². The number of aromatic nitrogens is 3. The van der Waals surface area contributed by atoms with Crippen molar-refractivity contribution in [3.8, 4) is 0 Å². The maximum atomic E-state index is 13.6. The molecule has 0 unspecified atom stereocenters. The van der Waals surface area contributed by atoms with Crippen LogP contribution >= 0.6 is 11.8 Å². The Kier molecular flexibility index (Phi) is 6.45. The molecule has 2 aromatic carbocycles. The number of carboxylic acid groups (broad SMARTS) is 1. The Morgan fingerprint density at radius 1 is 1.18 bits per heavy atom. The van der Waals surface area contributed by atoms with Crippen molar-refractivity contribution in [2.45, 2.75) is 30.8 Å². The molecule has 2 heterocycles. The molecule has 3 aromatic rings. The van der Waals surface area contributed by atoms with E-state index in [0.717, 1.165) is 5.56 Å². The molecule has 10 heteroatoms. The van der Waals surface area contributed by atoms with Crippen molar-refractivity contribution < 1.29 is 23.8 Å². The molecule has 1 aromatic heterocycles. The van der Waals surface area contributed by atoms with Gasteiger partial charge < -0.3 is 15.2 Å². The van der Waals surface area contributed by atoms with E-state index in [1.54, 1.807) is 54.9 Å². The van der Waals surface area contributed by atoms with Gasteiger partial charge >= 0.3 is 11.9 Å². The maximum absolute atomic E-state index is 13.6. The molecule has 0 spiro atoms. The molecule has 0 aliphatic carbocycles. The molecule has 1 aliphatic rings. The summed E-state index contributed by atoms with van der Waals surface area (Å²) in [5.41, 5.74) is 2.78. The summed E-state index contributed by atoms with van der Waals surface area (Å²) in [6.45, 7) is 3.71. The van der Waals surface area contributed by atoms with Crippen LogP contribution in [0.5, 0.6) is 0 Å². The van der Waals surface area contributed by atoms with Gasteiger partial charge in [-0.3, -0.25) is 0 Å². The van der Waals surface area contributed by atoms with Gasteiger partial charge in [0.05, 0.1) is 17.7 Å². The number of anilines is 1. The summed E-state index contributed by atoms with van der Waals surface area (Å²) < 4.78 is 20.4. The number of thioether (sulfide) groups is 1. The fourth-order valence-electron chi connectivity index (χ4n) is 3.51. The van der Waals surface area contributed by atoms with Gasteiger partial charge in [-0.1, -0.05) is 36.0 Å². The maximum Gasteiger partial charge on any atom is 0.338 e. The fourth-order valence-corrected chi connectivity index (χ4v) is 4.30. The van der Waals surface area contributed by atoms with Gasteiger partial charge in [-0.25, -0.2) is 18.7 Å². The second-order valence-corrected chi connectivity index (χ2v) is 8.23. The number of allylic oxidation sites excluding steroid dienone is 1. The van der Waals surface area contributed by atoms with E-state index in [2.05, 4.69) is 15.4 Å². The lowest BCUT2D eigenvalue weighted by Crippen LogP contribution is -2.29. The van der Waals surface area contributed by atoms with Crippen LogP contribution in [0.2, 0.25) is 0 Å². The highest BCUT2D eigenvalue weighted by Crippen LogP contribution is 2.37. The number of nitrogens with zero attached hydrogens (tertiary/aromatic N) is 3. The molecule has 1 aliphatic heterocycles. The van der Waals surface area contributed by atoms with Gasteiger partial charge in [-0.2, -0.15) is 4.98 Å². The normalized spacial score (nSPS) is 15.1. The summed E-state index contributed by atoms with van der Waals surface area (Å²) in [6, 6.07) is 11.9. The highest BCUT2D eigenvalue weighted by molar-refractivity contribution is 7.98. The fraction of sp³-hybridized carbons (Fsp3) is 0.217. The second-order valence-electron chi connectivity index (χ2n) is 7.29. The van der Waals surface area contributed by atoms with E-state index in [1.807, 2.05) is 0 Å². The zero-order chi connectivity index (χ0) is 23.5. The van der Waals surface area contributed by atoms with Crippen LogP contribution in [-0.4, -0.2) is 38.4 Å². The minimum Gasteiger partial charge on any atom is -0.478 e. The number of nitrogens with one attached hydrogen (secondary N) is 1. The minimum atomic E-state index is -0.976. The van der Waals surface area contributed by atoms with Crippen LogP contribution < -0.4 is 5.32 Å². The number of hydrogen-bond donors (Lipinski definition) is 2. The van der Waals surface area contributed by atoms with E-state index in [0.29, 0.717) is 33.7 Å². The van der Waals surface area contributed by atoms with E-state index in [9.17, 15) is 14.0 Å². The van der Waals surface area contributed by atoms with Crippen LogP contribution in [0.1, 0.15) is 41.4 Å². The Hall–Kier alpha value is -3.66. The van der Waals surface area contributed by atoms with Crippen molar-refractivity contribution >= 4 is 29.6 Å². The minimum absolute atomic E-state index is 0.220. The molecule has 33 heavy (non-hydrogen) atoms. The number of carbonyl (C=O) groups is 2. The third-order valence-corrected chi connectivity index (χ3v) is 5.99. The second kappa shape index (κ2) is 9.45. The van der Waals surface area contributed by atoms with Crippen molar-refractivity contribution in [3.05, 3.63) is 82.3 Å².